The molecule has 0 saturated heterocycles. The van der Waals surface area contributed by atoms with Gasteiger partial charge in [-0.05, 0) is 39.1 Å². The Balaban J connectivity index is 2.97. The van der Waals surface area contributed by atoms with Gasteiger partial charge in [-0.1, -0.05) is 0 Å². The summed E-state index contributed by atoms with van der Waals surface area (Å²) in [5, 5.41) is 3.05. The molecule has 1 aromatic rings. The van der Waals surface area contributed by atoms with Crippen molar-refractivity contribution in [2.45, 2.75) is 26.5 Å². The Morgan fingerprint density at radius 1 is 1.47 bits per heavy atom. The molecular formula is C12H17NO2. The van der Waals surface area contributed by atoms with Crippen molar-refractivity contribution in [3.63, 3.8) is 0 Å². The zero-order valence-electron chi connectivity index (χ0n) is 9.41. The van der Waals surface area contributed by atoms with Crippen LogP contribution in [0.3, 0.4) is 0 Å². The minimum absolute atomic E-state index is 0.141. The van der Waals surface area contributed by atoms with E-state index in [4.69, 9.17) is 4.74 Å². The highest BCUT2D eigenvalue weighted by Crippen LogP contribution is 2.20. The molecule has 0 bridgehead atoms. The Labute approximate surface area is 90.4 Å². The number of hydrogen-bond acceptors (Lipinski definition) is 3. The quantitative estimate of drug-likeness (QED) is 0.750. The molecule has 0 saturated carbocycles. The first-order valence-corrected chi connectivity index (χ1v) is 5.06. The van der Waals surface area contributed by atoms with Gasteiger partial charge in [0.2, 0.25) is 0 Å². The van der Waals surface area contributed by atoms with Crippen LogP contribution in [0.5, 0.6) is 5.75 Å². The van der Waals surface area contributed by atoms with Gasteiger partial charge in [0.05, 0.1) is 6.10 Å². The molecule has 0 aliphatic heterocycles. The molecule has 1 rings (SSSR count). The van der Waals surface area contributed by atoms with Gasteiger partial charge < -0.3 is 10.1 Å². The first kappa shape index (κ1) is 11.7. The molecule has 0 aliphatic carbocycles. The van der Waals surface area contributed by atoms with E-state index in [-0.39, 0.29) is 6.10 Å². The van der Waals surface area contributed by atoms with Gasteiger partial charge in [-0.25, -0.2) is 0 Å². The molecule has 0 aliphatic rings. The number of ether oxygens (including phenoxy) is 1. The fourth-order valence-electron chi connectivity index (χ4n) is 1.37. The Hall–Kier alpha value is -1.35. The van der Waals surface area contributed by atoms with Crippen LogP contribution >= 0.6 is 0 Å². The van der Waals surface area contributed by atoms with E-state index < -0.39 is 0 Å². The Bertz CT molecular complexity index is 334. The SMILES string of the molecule is CNCc1cc(C=O)ccc1OC(C)C. The third kappa shape index (κ3) is 3.36. The highest BCUT2D eigenvalue weighted by molar-refractivity contribution is 5.75. The normalized spacial score (nSPS) is 10.4. The van der Waals surface area contributed by atoms with E-state index in [1.54, 1.807) is 6.07 Å². The molecule has 0 heterocycles. The minimum Gasteiger partial charge on any atom is -0.491 e. The fourth-order valence-corrected chi connectivity index (χ4v) is 1.37. The highest BCUT2D eigenvalue weighted by atomic mass is 16.5. The summed E-state index contributed by atoms with van der Waals surface area (Å²) in [5.41, 5.74) is 1.69. The van der Waals surface area contributed by atoms with Crippen LogP contribution in [-0.4, -0.2) is 19.4 Å². The summed E-state index contributed by atoms with van der Waals surface area (Å²) in [5.74, 6) is 0.838. The van der Waals surface area contributed by atoms with E-state index in [9.17, 15) is 4.79 Å². The van der Waals surface area contributed by atoms with Gasteiger partial charge in [-0.2, -0.15) is 0 Å². The van der Waals surface area contributed by atoms with Crippen molar-refractivity contribution in [3.8, 4) is 5.75 Å². The summed E-state index contributed by atoms with van der Waals surface area (Å²) >= 11 is 0. The van der Waals surface area contributed by atoms with Crippen LogP contribution in [0.1, 0.15) is 29.8 Å². The topological polar surface area (TPSA) is 38.3 Å². The maximum Gasteiger partial charge on any atom is 0.150 e. The third-order valence-corrected chi connectivity index (χ3v) is 1.95. The Kier molecular flexibility index (Phi) is 4.31. The lowest BCUT2D eigenvalue weighted by atomic mass is 10.1. The lowest BCUT2D eigenvalue weighted by molar-refractivity contribution is 0.112. The number of carbonyl (C=O) groups is 1. The second kappa shape index (κ2) is 5.51. The van der Waals surface area contributed by atoms with Gasteiger partial charge >= 0.3 is 0 Å². The maximum atomic E-state index is 10.6. The molecule has 1 aromatic carbocycles. The van der Waals surface area contributed by atoms with Gasteiger partial charge in [0, 0.05) is 17.7 Å². The number of hydrogen-bond donors (Lipinski definition) is 1. The number of aldehydes is 1. The van der Waals surface area contributed by atoms with Gasteiger partial charge in [-0.15, -0.1) is 0 Å². The van der Waals surface area contributed by atoms with Crippen molar-refractivity contribution in [1.82, 2.24) is 5.32 Å². The van der Waals surface area contributed by atoms with E-state index >= 15 is 0 Å². The summed E-state index contributed by atoms with van der Waals surface area (Å²) < 4.78 is 5.64. The lowest BCUT2D eigenvalue weighted by Gasteiger charge is -2.14. The Morgan fingerprint density at radius 2 is 2.20 bits per heavy atom. The average Bonchev–Trinajstić information content (AvgIpc) is 2.20. The minimum atomic E-state index is 0.141. The van der Waals surface area contributed by atoms with Gasteiger partial charge in [0.25, 0.3) is 0 Å². The van der Waals surface area contributed by atoms with Crippen LogP contribution in [0.15, 0.2) is 18.2 Å². The second-order valence-electron chi connectivity index (χ2n) is 3.68. The van der Waals surface area contributed by atoms with E-state index in [0.29, 0.717) is 12.1 Å². The first-order chi connectivity index (χ1) is 7.17. The van der Waals surface area contributed by atoms with Crippen LogP contribution in [-0.2, 0) is 6.54 Å². The van der Waals surface area contributed by atoms with Crippen molar-refractivity contribution >= 4 is 6.29 Å². The molecule has 0 unspecified atom stereocenters. The fraction of sp³-hybridized carbons (Fsp3) is 0.417. The monoisotopic (exact) mass is 207 g/mol. The molecule has 3 heteroatoms. The molecule has 82 valence electrons. The molecule has 0 spiro atoms. The molecule has 0 amide bonds. The molecule has 0 radical (unpaired) electrons. The van der Waals surface area contributed by atoms with Crippen LogP contribution in [0.2, 0.25) is 0 Å². The summed E-state index contributed by atoms with van der Waals surface area (Å²) in [6, 6.07) is 5.46. The van der Waals surface area contributed by atoms with Gasteiger partial charge in [0.15, 0.2) is 0 Å². The molecule has 0 fully saturated rings. The summed E-state index contributed by atoms with van der Waals surface area (Å²) in [7, 11) is 1.87. The van der Waals surface area contributed by atoms with Crippen molar-refractivity contribution in [2.24, 2.45) is 0 Å². The lowest BCUT2D eigenvalue weighted by Crippen LogP contribution is -2.11. The van der Waals surface area contributed by atoms with E-state index in [0.717, 1.165) is 17.6 Å². The summed E-state index contributed by atoms with van der Waals surface area (Å²) in [6.07, 6.45) is 0.987. The predicted molar refractivity (Wildman–Crippen MR) is 60.4 cm³/mol. The smallest absolute Gasteiger partial charge is 0.150 e. The standard InChI is InChI=1S/C12H17NO2/c1-9(2)15-12-5-4-10(8-14)6-11(12)7-13-3/h4-6,8-9,13H,7H2,1-3H3. The van der Waals surface area contributed by atoms with Gasteiger partial charge in [0.1, 0.15) is 12.0 Å². The summed E-state index contributed by atoms with van der Waals surface area (Å²) in [4.78, 5) is 10.6. The van der Waals surface area contributed by atoms with E-state index in [1.165, 1.54) is 0 Å². The molecule has 0 aromatic heterocycles. The number of nitrogens with one attached hydrogen (secondary N) is 1. The highest BCUT2D eigenvalue weighted by Gasteiger charge is 2.05. The van der Waals surface area contributed by atoms with E-state index in [2.05, 4.69) is 5.32 Å². The second-order valence-corrected chi connectivity index (χ2v) is 3.68. The average molecular weight is 207 g/mol. The molecular weight excluding hydrogens is 190 g/mol. The van der Waals surface area contributed by atoms with Crippen LogP contribution in [0.25, 0.3) is 0 Å². The van der Waals surface area contributed by atoms with Gasteiger partial charge in [-0.3, -0.25) is 4.79 Å². The van der Waals surface area contributed by atoms with E-state index in [1.807, 2.05) is 33.0 Å². The van der Waals surface area contributed by atoms with Crippen LogP contribution in [0.4, 0.5) is 0 Å². The molecule has 0 atom stereocenters. The van der Waals surface area contributed by atoms with Crippen LogP contribution < -0.4 is 10.1 Å². The van der Waals surface area contributed by atoms with Crippen molar-refractivity contribution in [3.05, 3.63) is 29.3 Å². The van der Waals surface area contributed by atoms with Crippen molar-refractivity contribution in [1.29, 1.82) is 0 Å². The molecule has 3 nitrogen and oxygen atoms in total. The third-order valence-electron chi connectivity index (χ3n) is 1.95. The summed E-state index contributed by atoms with van der Waals surface area (Å²) in [6.45, 7) is 4.66. The predicted octanol–water partition coefficient (Wildman–Crippen LogP) is 2.01. The Morgan fingerprint density at radius 3 is 2.73 bits per heavy atom. The largest absolute Gasteiger partial charge is 0.491 e. The first-order valence-electron chi connectivity index (χ1n) is 5.06. The van der Waals surface area contributed by atoms with Crippen molar-refractivity contribution in [2.75, 3.05) is 7.05 Å². The maximum absolute atomic E-state index is 10.6. The molecule has 1 N–H and O–H groups in total. The number of benzene rings is 1. The zero-order valence-corrected chi connectivity index (χ0v) is 9.41. The van der Waals surface area contributed by atoms with Crippen LogP contribution in [0, 0.1) is 0 Å². The van der Waals surface area contributed by atoms with Crippen molar-refractivity contribution < 1.29 is 9.53 Å². The molecule has 15 heavy (non-hydrogen) atoms. The number of carbonyl (C=O) groups excluding carboxylic acids is 1. The zero-order chi connectivity index (χ0) is 11.3. The number of rotatable bonds is 5.